The molecule has 7 heteroatoms. The summed E-state index contributed by atoms with van der Waals surface area (Å²) in [6.45, 7) is 2.04. The van der Waals surface area contributed by atoms with Crippen molar-refractivity contribution in [3.05, 3.63) is 41.2 Å². The molecule has 100 valence electrons. The predicted molar refractivity (Wildman–Crippen MR) is 77.8 cm³/mol. The van der Waals surface area contributed by atoms with E-state index in [9.17, 15) is 0 Å². The molecule has 0 spiro atoms. The Hall–Kier alpha value is -1.60. The summed E-state index contributed by atoms with van der Waals surface area (Å²) in [5, 5.41) is 11.5. The van der Waals surface area contributed by atoms with E-state index in [0.29, 0.717) is 5.56 Å². The first-order valence-corrected chi connectivity index (χ1v) is 7.51. The standard InChI is InChI=1S/C12H14N4OS2/c1-2-10-14-12(19-16-10)18-7-8-3-5-9(6-4-8)11(13)15-17/h3-6,17H,2,7H2,1H3,(H2,13,15). The van der Waals surface area contributed by atoms with Crippen LogP contribution >= 0.6 is 23.3 Å². The van der Waals surface area contributed by atoms with E-state index in [4.69, 9.17) is 10.9 Å². The van der Waals surface area contributed by atoms with E-state index >= 15 is 0 Å². The molecule has 0 unspecified atom stereocenters. The minimum atomic E-state index is 0.121. The van der Waals surface area contributed by atoms with Crippen LogP contribution in [0.25, 0.3) is 0 Å². The highest BCUT2D eigenvalue weighted by Crippen LogP contribution is 2.24. The molecule has 1 aromatic carbocycles. The Balaban J connectivity index is 1.96. The van der Waals surface area contributed by atoms with E-state index in [1.807, 2.05) is 31.2 Å². The molecule has 2 aromatic rings. The van der Waals surface area contributed by atoms with E-state index in [1.54, 1.807) is 11.8 Å². The van der Waals surface area contributed by atoms with E-state index in [1.165, 1.54) is 11.5 Å². The Kier molecular flexibility index (Phi) is 4.75. The summed E-state index contributed by atoms with van der Waals surface area (Å²) in [5.74, 6) is 1.85. The summed E-state index contributed by atoms with van der Waals surface area (Å²) >= 11 is 3.10. The number of nitrogens with two attached hydrogens (primary N) is 1. The molecule has 0 aliphatic carbocycles. The molecule has 3 N–H and O–H groups in total. The van der Waals surface area contributed by atoms with E-state index in [2.05, 4.69) is 14.5 Å². The fourth-order valence-electron chi connectivity index (χ4n) is 1.41. The van der Waals surface area contributed by atoms with Crippen molar-refractivity contribution < 1.29 is 5.21 Å². The lowest BCUT2D eigenvalue weighted by Gasteiger charge is -2.01. The maximum atomic E-state index is 8.58. The van der Waals surface area contributed by atoms with Gasteiger partial charge in [-0.1, -0.05) is 48.1 Å². The van der Waals surface area contributed by atoms with E-state index < -0.39 is 0 Å². The minimum Gasteiger partial charge on any atom is -0.409 e. The Labute approximate surface area is 119 Å². The average molecular weight is 294 g/mol. The van der Waals surface area contributed by atoms with Gasteiger partial charge in [-0.15, -0.1) is 0 Å². The molecule has 19 heavy (non-hydrogen) atoms. The second-order valence-corrected chi connectivity index (χ2v) is 5.78. The van der Waals surface area contributed by atoms with Crippen LogP contribution in [0.4, 0.5) is 0 Å². The van der Waals surface area contributed by atoms with Gasteiger partial charge in [0, 0.05) is 17.7 Å². The summed E-state index contributed by atoms with van der Waals surface area (Å²) in [4.78, 5) is 4.40. The van der Waals surface area contributed by atoms with Gasteiger partial charge in [-0.2, -0.15) is 4.37 Å². The number of benzene rings is 1. The molecule has 0 saturated carbocycles. The third kappa shape index (κ3) is 3.68. The van der Waals surface area contributed by atoms with Crippen molar-refractivity contribution in [3.8, 4) is 0 Å². The summed E-state index contributed by atoms with van der Waals surface area (Å²) in [5.41, 5.74) is 7.37. The summed E-state index contributed by atoms with van der Waals surface area (Å²) < 4.78 is 5.23. The maximum absolute atomic E-state index is 8.58. The van der Waals surface area contributed by atoms with Gasteiger partial charge in [-0.25, -0.2) is 4.98 Å². The highest BCUT2D eigenvalue weighted by Gasteiger charge is 2.04. The quantitative estimate of drug-likeness (QED) is 0.291. The molecule has 0 saturated heterocycles. The fourth-order valence-corrected chi connectivity index (χ4v) is 3.07. The lowest BCUT2D eigenvalue weighted by molar-refractivity contribution is 0.318. The average Bonchev–Trinajstić information content (AvgIpc) is 2.93. The van der Waals surface area contributed by atoms with Crippen LogP contribution in [0.3, 0.4) is 0 Å². The number of oxime groups is 1. The number of aromatic nitrogens is 2. The number of hydrogen-bond donors (Lipinski definition) is 2. The zero-order valence-corrected chi connectivity index (χ0v) is 12.0. The number of rotatable bonds is 5. The largest absolute Gasteiger partial charge is 0.409 e. The number of thioether (sulfide) groups is 1. The lowest BCUT2D eigenvalue weighted by atomic mass is 10.1. The molecule has 1 aromatic heterocycles. The number of aryl methyl sites for hydroxylation is 1. The number of nitrogens with zero attached hydrogens (tertiary/aromatic N) is 3. The van der Waals surface area contributed by atoms with Crippen LogP contribution in [0.15, 0.2) is 33.8 Å². The van der Waals surface area contributed by atoms with Crippen LogP contribution in [0, 0.1) is 0 Å². The molecule has 0 bridgehead atoms. The van der Waals surface area contributed by atoms with Gasteiger partial charge in [0.15, 0.2) is 10.2 Å². The molecular formula is C12H14N4OS2. The highest BCUT2D eigenvalue weighted by molar-refractivity contribution is 8.00. The first kappa shape index (κ1) is 13.8. The van der Waals surface area contributed by atoms with Crippen LogP contribution in [0.1, 0.15) is 23.9 Å². The summed E-state index contributed by atoms with van der Waals surface area (Å²) in [6.07, 6.45) is 0.867. The predicted octanol–water partition coefficient (Wildman–Crippen LogP) is 2.49. The molecule has 2 rings (SSSR count). The van der Waals surface area contributed by atoms with Gasteiger partial charge >= 0.3 is 0 Å². The van der Waals surface area contributed by atoms with Gasteiger partial charge in [0.05, 0.1) is 0 Å². The fraction of sp³-hybridized carbons (Fsp3) is 0.250. The van der Waals surface area contributed by atoms with Crippen LogP contribution in [0.2, 0.25) is 0 Å². The SMILES string of the molecule is CCc1nsc(SCc2ccc(C(N)=NO)cc2)n1. The van der Waals surface area contributed by atoms with Crippen molar-refractivity contribution in [2.75, 3.05) is 0 Å². The smallest absolute Gasteiger partial charge is 0.170 e. The second kappa shape index (κ2) is 6.53. The van der Waals surface area contributed by atoms with Crippen molar-refractivity contribution >= 4 is 29.1 Å². The molecule has 0 aliphatic heterocycles. The van der Waals surface area contributed by atoms with Crippen molar-refractivity contribution in [1.82, 2.24) is 9.36 Å². The van der Waals surface area contributed by atoms with Crippen LogP contribution in [-0.2, 0) is 12.2 Å². The minimum absolute atomic E-state index is 0.121. The number of amidine groups is 1. The van der Waals surface area contributed by atoms with Crippen molar-refractivity contribution in [2.45, 2.75) is 23.4 Å². The van der Waals surface area contributed by atoms with Crippen LogP contribution in [0.5, 0.6) is 0 Å². The van der Waals surface area contributed by atoms with Gasteiger partial charge in [0.25, 0.3) is 0 Å². The third-order valence-corrected chi connectivity index (χ3v) is 4.43. The zero-order chi connectivity index (χ0) is 13.7. The van der Waals surface area contributed by atoms with Gasteiger partial charge in [0.1, 0.15) is 5.82 Å². The monoisotopic (exact) mass is 294 g/mol. The summed E-state index contributed by atoms with van der Waals surface area (Å²) in [6, 6.07) is 7.59. The Morgan fingerprint density at radius 2 is 2.16 bits per heavy atom. The normalized spacial score (nSPS) is 11.7. The van der Waals surface area contributed by atoms with Crippen LogP contribution < -0.4 is 5.73 Å². The van der Waals surface area contributed by atoms with E-state index in [-0.39, 0.29) is 5.84 Å². The molecule has 0 fully saturated rings. The lowest BCUT2D eigenvalue weighted by Crippen LogP contribution is -2.12. The molecule has 5 nitrogen and oxygen atoms in total. The molecule has 0 amide bonds. The topological polar surface area (TPSA) is 84.4 Å². The van der Waals surface area contributed by atoms with Crippen molar-refractivity contribution in [1.29, 1.82) is 0 Å². The second-order valence-electron chi connectivity index (χ2n) is 3.80. The van der Waals surface area contributed by atoms with E-state index in [0.717, 1.165) is 27.9 Å². The van der Waals surface area contributed by atoms with Gasteiger partial charge in [-0.05, 0) is 17.1 Å². The molecule has 0 atom stereocenters. The maximum Gasteiger partial charge on any atom is 0.170 e. The first-order chi connectivity index (χ1) is 9.22. The zero-order valence-electron chi connectivity index (χ0n) is 10.4. The van der Waals surface area contributed by atoms with Crippen LogP contribution in [-0.4, -0.2) is 20.4 Å². The Morgan fingerprint density at radius 3 is 2.74 bits per heavy atom. The number of hydrogen-bond acceptors (Lipinski definition) is 6. The van der Waals surface area contributed by atoms with Gasteiger partial charge < -0.3 is 10.9 Å². The molecule has 0 aliphatic rings. The van der Waals surface area contributed by atoms with Crippen molar-refractivity contribution in [3.63, 3.8) is 0 Å². The van der Waals surface area contributed by atoms with Crippen molar-refractivity contribution in [2.24, 2.45) is 10.9 Å². The molecule has 1 heterocycles. The first-order valence-electron chi connectivity index (χ1n) is 5.75. The third-order valence-electron chi connectivity index (χ3n) is 2.49. The van der Waals surface area contributed by atoms with Gasteiger partial charge in [0.2, 0.25) is 0 Å². The Morgan fingerprint density at radius 1 is 1.42 bits per heavy atom. The van der Waals surface area contributed by atoms with Gasteiger partial charge in [-0.3, -0.25) is 0 Å². The Bertz CT molecular complexity index is 565. The summed E-state index contributed by atoms with van der Waals surface area (Å²) in [7, 11) is 0. The molecule has 0 radical (unpaired) electrons. The highest BCUT2D eigenvalue weighted by atomic mass is 32.2. The molecular weight excluding hydrogens is 280 g/mol.